The first kappa shape index (κ1) is 34.3. The van der Waals surface area contributed by atoms with Gasteiger partial charge in [0.25, 0.3) is 0 Å². The average molecular weight is 647 g/mol. The number of amides is 1. The fourth-order valence-electron chi connectivity index (χ4n) is 5.12. The van der Waals surface area contributed by atoms with Crippen LogP contribution in [0, 0.1) is 5.82 Å². The van der Waals surface area contributed by atoms with Gasteiger partial charge in [-0.25, -0.2) is 17.6 Å². The van der Waals surface area contributed by atoms with Gasteiger partial charge in [0.15, 0.2) is 0 Å². The number of aryl methyl sites for hydroxylation is 1. The summed E-state index contributed by atoms with van der Waals surface area (Å²) in [5, 5.41) is 19.6. The first-order valence-corrected chi connectivity index (χ1v) is 16.7. The van der Waals surface area contributed by atoms with E-state index in [0.29, 0.717) is 5.56 Å². The summed E-state index contributed by atoms with van der Waals surface area (Å²) < 4.78 is 41.1. The van der Waals surface area contributed by atoms with E-state index in [1.54, 1.807) is 24.3 Å². The van der Waals surface area contributed by atoms with E-state index in [4.69, 9.17) is 0 Å². The molecule has 0 saturated heterocycles. The fourth-order valence-corrected chi connectivity index (χ4v) is 6.24. The summed E-state index contributed by atoms with van der Waals surface area (Å²) in [5.41, 5.74) is 3.19. The molecule has 1 amide bonds. The number of anilines is 1. The standard InChI is InChI=1S/C36H39FN2O6S/c1-3-4-5-6-7-8-26-9-11-27(12-10-26)24-39(31-19-22-34(40)33(23-31)36(42)43)35(41)25-38(2)46(44,45)32-20-15-29(16-21-32)28-13-17-30(37)18-14-28/h9-23,40H,3-8,24-25H2,1-2H3,(H,42,43). The number of rotatable bonds is 15. The van der Waals surface area contributed by atoms with Crippen LogP contribution in [-0.2, 0) is 27.8 Å². The predicted octanol–water partition coefficient (Wildman–Crippen LogP) is 7.26. The Balaban J connectivity index is 1.53. The number of phenols is 1. The van der Waals surface area contributed by atoms with Crippen LogP contribution in [0.25, 0.3) is 11.1 Å². The Kier molecular flexibility index (Phi) is 11.7. The first-order valence-electron chi connectivity index (χ1n) is 15.3. The van der Waals surface area contributed by atoms with E-state index >= 15 is 0 Å². The van der Waals surface area contributed by atoms with Crippen LogP contribution in [0.5, 0.6) is 5.75 Å². The molecule has 0 aliphatic rings. The molecule has 8 nitrogen and oxygen atoms in total. The summed E-state index contributed by atoms with van der Waals surface area (Å²) >= 11 is 0. The van der Waals surface area contributed by atoms with E-state index in [0.717, 1.165) is 28.3 Å². The molecule has 0 bridgehead atoms. The fraction of sp³-hybridized carbons (Fsp3) is 0.278. The van der Waals surface area contributed by atoms with Gasteiger partial charge in [-0.05, 0) is 77.6 Å². The van der Waals surface area contributed by atoms with Crippen molar-refractivity contribution in [3.05, 3.63) is 114 Å². The zero-order valence-corrected chi connectivity index (χ0v) is 26.8. The molecule has 0 heterocycles. The van der Waals surface area contributed by atoms with E-state index in [1.807, 2.05) is 24.3 Å². The number of aromatic carboxylic acids is 1. The minimum Gasteiger partial charge on any atom is -0.507 e. The van der Waals surface area contributed by atoms with Crippen molar-refractivity contribution < 1.29 is 32.6 Å². The van der Waals surface area contributed by atoms with Crippen LogP contribution in [0.2, 0.25) is 0 Å². The van der Waals surface area contributed by atoms with Crippen molar-refractivity contribution in [2.45, 2.75) is 56.9 Å². The number of nitrogens with zero attached hydrogens (tertiary/aromatic N) is 2. The van der Waals surface area contributed by atoms with Gasteiger partial charge >= 0.3 is 5.97 Å². The van der Waals surface area contributed by atoms with Crippen LogP contribution in [0.3, 0.4) is 0 Å². The lowest BCUT2D eigenvalue weighted by molar-refractivity contribution is -0.118. The number of halogens is 1. The quantitative estimate of drug-likeness (QED) is 0.131. The molecule has 0 saturated carbocycles. The molecule has 4 rings (SSSR count). The van der Waals surface area contributed by atoms with Crippen molar-refractivity contribution in [2.24, 2.45) is 0 Å². The summed E-state index contributed by atoms with van der Waals surface area (Å²) in [5.74, 6) is -2.77. The number of benzene rings is 4. The van der Waals surface area contributed by atoms with Crippen molar-refractivity contribution in [1.82, 2.24) is 4.31 Å². The van der Waals surface area contributed by atoms with Gasteiger partial charge in [-0.2, -0.15) is 4.31 Å². The Morgan fingerprint density at radius 1 is 0.783 bits per heavy atom. The van der Waals surface area contributed by atoms with Crippen molar-refractivity contribution in [3.63, 3.8) is 0 Å². The minimum atomic E-state index is -4.09. The first-order chi connectivity index (χ1) is 22.0. The molecule has 4 aromatic carbocycles. The number of aromatic hydroxyl groups is 1. The zero-order valence-electron chi connectivity index (χ0n) is 26.0. The lowest BCUT2D eigenvalue weighted by atomic mass is 10.0. The average Bonchev–Trinajstić information content (AvgIpc) is 3.04. The van der Waals surface area contributed by atoms with Crippen LogP contribution in [-0.4, -0.2) is 48.4 Å². The van der Waals surface area contributed by atoms with Crippen molar-refractivity contribution in [1.29, 1.82) is 0 Å². The molecule has 0 unspecified atom stereocenters. The third kappa shape index (κ3) is 8.80. The molecule has 0 aliphatic carbocycles. The maximum absolute atomic E-state index is 13.7. The number of carbonyl (C=O) groups excluding carboxylic acids is 1. The molecule has 0 radical (unpaired) electrons. The zero-order chi connectivity index (χ0) is 33.3. The molecule has 10 heteroatoms. The SMILES string of the molecule is CCCCCCCc1ccc(CN(C(=O)CN(C)S(=O)(=O)c2ccc(-c3ccc(F)cc3)cc2)c2ccc(O)c(C(=O)O)c2)cc1. The van der Waals surface area contributed by atoms with Crippen LogP contribution in [0.1, 0.15) is 60.5 Å². The van der Waals surface area contributed by atoms with Gasteiger partial charge in [-0.15, -0.1) is 0 Å². The third-order valence-corrected chi connectivity index (χ3v) is 9.67. The Hall–Kier alpha value is -4.54. The maximum Gasteiger partial charge on any atom is 0.339 e. The number of carbonyl (C=O) groups is 2. The van der Waals surface area contributed by atoms with E-state index < -0.39 is 34.2 Å². The molecule has 0 fully saturated rings. The highest BCUT2D eigenvalue weighted by Crippen LogP contribution is 2.27. The summed E-state index contributed by atoms with van der Waals surface area (Å²) in [6.45, 7) is 1.71. The van der Waals surface area contributed by atoms with Gasteiger partial charge in [0, 0.05) is 12.7 Å². The summed E-state index contributed by atoms with van der Waals surface area (Å²) in [6, 6.07) is 23.6. The number of hydrogen-bond acceptors (Lipinski definition) is 5. The van der Waals surface area contributed by atoms with Crippen LogP contribution >= 0.6 is 0 Å². The third-order valence-electron chi connectivity index (χ3n) is 7.85. The van der Waals surface area contributed by atoms with Crippen molar-refractivity contribution >= 4 is 27.6 Å². The molecule has 242 valence electrons. The van der Waals surface area contributed by atoms with E-state index in [9.17, 15) is 32.6 Å². The van der Waals surface area contributed by atoms with Crippen LogP contribution in [0.15, 0.2) is 95.9 Å². The van der Waals surface area contributed by atoms with E-state index in [2.05, 4.69) is 6.92 Å². The molecule has 0 atom stereocenters. The second-order valence-corrected chi connectivity index (χ2v) is 13.3. The number of hydrogen-bond donors (Lipinski definition) is 2. The summed E-state index contributed by atoms with van der Waals surface area (Å²) in [7, 11) is -2.79. The Morgan fingerprint density at radius 2 is 1.37 bits per heavy atom. The minimum absolute atomic E-state index is 0.0247. The Labute approximate surface area is 269 Å². The summed E-state index contributed by atoms with van der Waals surface area (Å²) in [6.07, 6.45) is 6.82. The Morgan fingerprint density at radius 3 is 1.98 bits per heavy atom. The second-order valence-electron chi connectivity index (χ2n) is 11.3. The lowest BCUT2D eigenvalue weighted by Gasteiger charge is -2.26. The highest BCUT2D eigenvalue weighted by Gasteiger charge is 2.27. The molecular weight excluding hydrogens is 607 g/mol. The van der Waals surface area contributed by atoms with Crippen molar-refractivity contribution in [3.8, 4) is 16.9 Å². The van der Waals surface area contributed by atoms with Gasteiger partial charge in [-0.3, -0.25) is 4.79 Å². The molecule has 0 aliphatic heterocycles. The number of unbranched alkanes of at least 4 members (excludes halogenated alkanes) is 4. The van der Waals surface area contributed by atoms with Gasteiger partial charge in [0.2, 0.25) is 15.9 Å². The van der Waals surface area contributed by atoms with Crippen LogP contribution in [0.4, 0.5) is 10.1 Å². The lowest BCUT2D eigenvalue weighted by Crippen LogP contribution is -2.41. The van der Waals surface area contributed by atoms with Gasteiger partial charge in [0.05, 0.1) is 18.0 Å². The van der Waals surface area contributed by atoms with Crippen molar-refractivity contribution in [2.75, 3.05) is 18.5 Å². The van der Waals surface area contributed by atoms with Crippen LogP contribution < -0.4 is 4.90 Å². The van der Waals surface area contributed by atoms with E-state index in [1.165, 1.54) is 85.7 Å². The highest BCUT2D eigenvalue weighted by atomic mass is 32.2. The van der Waals surface area contributed by atoms with E-state index in [-0.39, 0.29) is 28.5 Å². The maximum atomic E-state index is 13.7. The largest absolute Gasteiger partial charge is 0.507 e. The molecule has 0 aromatic heterocycles. The molecule has 46 heavy (non-hydrogen) atoms. The van der Waals surface area contributed by atoms with Gasteiger partial charge < -0.3 is 15.1 Å². The molecule has 0 spiro atoms. The topological polar surface area (TPSA) is 115 Å². The normalized spacial score (nSPS) is 11.5. The van der Waals surface area contributed by atoms with Gasteiger partial charge in [0.1, 0.15) is 17.1 Å². The smallest absolute Gasteiger partial charge is 0.339 e. The molecular formula is C36H39FN2O6S. The highest BCUT2D eigenvalue weighted by molar-refractivity contribution is 7.89. The van der Waals surface area contributed by atoms with Gasteiger partial charge in [-0.1, -0.05) is 81.1 Å². The monoisotopic (exact) mass is 646 g/mol. The predicted molar refractivity (Wildman–Crippen MR) is 177 cm³/mol. The number of likely N-dealkylation sites (N-methyl/N-ethyl adjacent to an activating group) is 1. The number of sulfonamides is 1. The Bertz CT molecular complexity index is 1740. The molecule has 4 aromatic rings. The molecule has 2 N–H and O–H groups in total. The number of carboxylic acid groups (broad SMARTS) is 1. The summed E-state index contributed by atoms with van der Waals surface area (Å²) in [4.78, 5) is 26.8. The number of carboxylic acids is 1. The second kappa shape index (κ2) is 15.6.